The fourth-order valence-electron chi connectivity index (χ4n) is 6.16. The number of carbonyl (C=O) groups is 2. The van der Waals surface area contributed by atoms with Gasteiger partial charge in [0.1, 0.15) is 11.9 Å². The zero-order chi connectivity index (χ0) is 27.4. The van der Waals surface area contributed by atoms with Gasteiger partial charge in [-0.3, -0.25) is 9.63 Å². The van der Waals surface area contributed by atoms with Gasteiger partial charge in [-0.25, -0.2) is 9.86 Å². The van der Waals surface area contributed by atoms with Gasteiger partial charge in [0.25, 0.3) is 0 Å². The number of benzene rings is 1. The number of hydrogen-bond donors (Lipinski definition) is 1. The predicted molar refractivity (Wildman–Crippen MR) is 145 cm³/mol. The number of cyclic esters (lactones) is 1. The van der Waals surface area contributed by atoms with Crippen LogP contribution in [0.25, 0.3) is 0 Å². The summed E-state index contributed by atoms with van der Waals surface area (Å²) in [4.78, 5) is 30.2. The van der Waals surface area contributed by atoms with Gasteiger partial charge in [0.2, 0.25) is 5.91 Å². The third-order valence-corrected chi connectivity index (χ3v) is 8.75. The van der Waals surface area contributed by atoms with E-state index >= 15 is 0 Å². The third kappa shape index (κ3) is 6.68. The standard InChI is InChI=1S/C29H38BrNO7/c1-17-11-25-23(28(17)37-16-18-5-8-21(35-3)9-6-18)10-7-19-12-20(32)13-22(14-27(33)31(2)36-4)38-29(34)26(30)15-24(19)25/h5-10,15,17,19-20,22-25,28,32H,11-14,16H2,1-4H3/b26-15+/t17-,19+,20+,22-,23-,24-,25-,28-/m1/s1. The van der Waals surface area contributed by atoms with Crippen LogP contribution in [0.2, 0.25) is 0 Å². The Bertz CT molecular complexity index is 1040. The number of ether oxygens (including phenoxy) is 3. The summed E-state index contributed by atoms with van der Waals surface area (Å²) in [6.07, 6.45) is 6.59. The van der Waals surface area contributed by atoms with E-state index in [9.17, 15) is 14.7 Å². The van der Waals surface area contributed by atoms with Gasteiger partial charge < -0.3 is 19.3 Å². The quantitative estimate of drug-likeness (QED) is 0.285. The van der Waals surface area contributed by atoms with Crippen molar-refractivity contribution in [3.8, 4) is 5.75 Å². The molecule has 0 spiro atoms. The Labute approximate surface area is 233 Å². The van der Waals surface area contributed by atoms with Crippen molar-refractivity contribution in [2.75, 3.05) is 21.3 Å². The maximum Gasteiger partial charge on any atom is 0.345 e. The first-order valence-electron chi connectivity index (χ1n) is 13.2. The van der Waals surface area contributed by atoms with E-state index in [0.717, 1.165) is 22.8 Å². The summed E-state index contributed by atoms with van der Waals surface area (Å²) >= 11 is 3.45. The lowest BCUT2D eigenvalue weighted by Crippen LogP contribution is -2.37. The minimum absolute atomic E-state index is 0.0522. The molecule has 1 fully saturated rings. The van der Waals surface area contributed by atoms with Gasteiger partial charge in [0, 0.05) is 19.4 Å². The second-order valence-corrected chi connectivity index (χ2v) is 11.5. The van der Waals surface area contributed by atoms with Crippen LogP contribution < -0.4 is 4.74 Å². The molecule has 0 aromatic heterocycles. The first-order valence-corrected chi connectivity index (χ1v) is 14.0. The average Bonchev–Trinajstić information content (AvgIpc) is 3.22. The van der Waals surface area contributed by atoms with Gasteiger partial charge in [-0.15, -0.1) is 0 Å². The van der Waals surface area contributed by atoms with Gasteiger partial charge >= 0.3 is 5.97 Å². The van der Waals surface area contributed by atoms with Crippen LogP contribution in [0.3, 0.4) is 0 Å². The molecule has 0 bridgehead atoms. The zero-order valence-electron chi connectivity index (χ0n) is 22.4. The van der Waals surface area contributed by atoms with E-state index < -0.39 is 18.2 Å². The molecule has 8 nitrogen and oxygen atoms in total. The summed E-state index contributed by atoms with van der Waals surface area (Å²) in [6, 6.07) is 7.91. The molecular formula is C29H38BrNO7. The summed E-state index contributed by atoms with van der Waals surface area (Å²) in [6.45, 7) is 2.74. The molecule has 3 aliphatic rings. The summed E-state index contributed by atoms with van der Waals surface area (Å²) in [7, 11) is 4.55. The first kappa shape index (κ1) is 28.8. The van der Waals surface area contributed by atoms with E-state index in [1.807, 2.05) is 30.3 Å². The molecular weight excluding hydrogens is 554 g/mol. The van der Waals surface area contributed by atoms with Crippen molar-refractivity contribution in [2.24, 2.45) is 29.6 Å². The number of nitrogens with zero attached hydrogens (tertiary/aromatic N) is 1. The van der Waals surface area contributed by atoms with Crippen molar-refractivity contribution >= 4 is 27.8 Å². The maximum atomic E-state index is 12.9. The number of aliphatic hydroxyl groups excluding tert-OH is 1. The highest BCUT2D eigenvalue weighted by Crippen LogP contribution is 2.50. The molecule has 38 heavy (non-hydrogen) atoms. The normalized spacial score (nSPS) is 34.4. The fourth-order valence-corrected chi connectivity index (χ4v) is 6.55. The monoisotopic (exact) mass is 591 g/mol. The van der Waals surface area contributed by atoms with Crippen molar-refractivity contribution in [3.63, 3.8) is 0 Å². The Balaban J connectivity index is 1.49. The molecule has 0 unspecified atom stereocenters. The van der Waals surface area contributed by atoms with Crippen molar-refractivity contribution in [3.05, 3.63) is 52.5 Å². The average molecular weight is 593 g/mol. The van der Waals surface area contributed by atoms with Crippen molar-refractivity contribution in [1.29, 1.82) is 0 Å². The van der Waals surface area contributed by atoms with Gasteiger partial charge in [-0.05, 0) is 70.1 Å². The molecule has 8 atom stereocenters. The minimum atomic E-state index is -0.748. The Kier molecular flexibility index (Phi) is 9.68. The topological polar surface area (TPSA) is 94.5 Å². The Morgan fingerprint density at radius 1 is 1.13 bits per heavy atom. The molecule has 1 heterocycles. The smallest absolute Gasteiger partial charge is 0.345 e. The highest BCUT2D eigenvalue weighted by atomic mass is 79.9. The molecule has 0 saturated heterocycles. The van der Waals surface area contributed by atoms with E-state index in [2.05, 4.69) is 35.0 Å². The van der Waals surface area contributed by atoms with Crippen molar-refractivity contribution in [2.45, 2.75) is 57.5 Å². The Morgan fingerprint density at radius 2 is 1.87 bits per heavy atom. The summed E-state index contributed by atoms with van der Waals surface area (Å²) in [5.41, 5.74) is 1.09. The van der Waals surface area contributed by atoms with Crippen LogP contribution in [0.5, 0.6) is 5.75 Å². The zero-order valence-corrected chi connectivity index (χ0v) is 24.0. The molecule has 1 aliphatic heterocycles. The van der Waals surface area contributed by atoms with Crippen molar-refractivity contribution in [1.82, 2.24) is 5.06 Å². The first-order chi connectivity index (χ1) is 18.2. The summed E-state index contributed by atoms with van der Waals surface area (Å²) in [5.74, 6) is 0.922. The number of carbonyl (C=O) groups excluding carboxylic acids is 2. The number of rotatable bonds is 7. The molecule has 1 saturated carbocycles. The molecule has 208 valence electrons. The number of aliphatic hydroxyl groups is 1. The van der Waals surface area contributed by atoms with Gasteiger partial charge in [0.05, 0.1) is 43.9 Å². The van der Waals surface area contributed by atoms with Gasteiger partial charge in [0.15, 0.2) is 0 Å². The molecule has 1 aromatic rings. The highest BCUT2D eigenvalue weighted by molar-refractivity contribution is 9.12. The fraction of sp³-hybridized carbons (Fsp3) is 0.586. The van der Waals surface area contributed by atoms with Crippen LogP contribution in [-0.4, -0.2) is 61.6 Å². The summed E-state index contributed by atoms with van der Waals surface area (Å²) in [5, 5.41) is 12.0. The van der Waals surface area contributed by atoms with Crippen LogP contribution in [0.15, 0.2) is 47.0 Å². The van der Waals surface area contributed by atoms with E-state index in [1.54, 1.807) is 7.11 Å². The molecule has 1 N–H and O–H groups in total. The lowest BCUT2D eigenvalue weighted by atomic mass is 9.69. The van der Waals surface area contributed by atoms with E-state index in [4.69, 9.17) is 19.0 Å². The molecule has 4 rings (SSSR count). The number of esters is 1. The number of amides is 1. The van der Waals surface area contributed by atoms with Crippen LogP contribution >= 0.6 is 15.9 Å². The van der Waals surface area contributed by atoms with E-state index in [1.165, 1.54) is 14.2 Å². The summed E-state index contributed by atoms with van der Waals surface area (Å²) < 4.78 is 17.7. The van der Waals surface area contributed by atoms with Crippen LogP contribution in [0, 0.1) is 29.6 Å². The molecule has 1 aromatic carbocycles. The molecule has 1 amide bonds. The Hall–Kier alpha value is -2.20. The number of hydrogen-bond acceptors (Lipinski definition) is 7. The number of fused-ring (bicyclic) bond motifs is 3. The maximum absolute atomic E-state index is 12.9. The van der Waals surface area contributed by atoms with Crippen LogP contribution in [-0.2, 0) is 30.5 Å². The lowest BCUT2D eigenvalue weighted by molar-refractivity contribution is -0.173. The second-order valence-electron chi connectivity index (χ2n) is 10.6. The number of halogens is 1. The largest absolute Gasteiger partial charge is 0.497 e. The molecule has 2 aliphatic carbocycles. The van der Waals surface area contributed by atoms with Gasteiger partial charge in [-0.2, -0.15) is 0 Å². The Morgan fingerprint density at radius 3 is 2.55 bits per heavy atom. The van der Waals surface area contributed by atoms with Crippen LogP contribution in [0.4, 0.5) is 0 Å². The molecule has 9 heteroatoms. The minimum Gasteiger partial charge on any atom is -0.497 e. The number of hydroxylamine groups is 2. The predicted octanol–water partition coefficient (Wildman–Crippen LogP) is 4.41. The van der Waals surface area contributed by atoms with E-state index in [-0.39, 0.29) is 48.5 Å². The van der Waals surface area contributed by atoms with Crippen molar-refractivity contribution < 1.29 is 33.7 Å². The SMILES string of the molecule is COc1ccc(CO[C@H]2[C@@H]3C=C[C@H]4C[C@H](O)C[C@H](CC(=O)N(C)OC)OC(=O)/C(Br)=C\[C@H]4[C@@H]3C[C@H]2C)cc1. The number of allylic oxidation sites excluding steroid dienone is 2. The second kappa shape index (κ2) is 12.8. The van der Waals surface area contributed by atoms with Crippen LogP contribution in [0.1, 0.15) is 38.2 Å². The number of methoxy groups -OCH3 is 1. The van der Waals surface area contributed by atoms with Gasteiger partial charge in [-0.1, -0.05) is 37.3 Å². The highest BCUT2D eigenvalue weighted by Gasteiger charge is 2.47. The van der Waals surface area contributed by atoms with E-state index in [0.29, 0.717) is 23.4 Å². The molecule has 0 radical (unpaired) electrons. The third-order valence-electron chi connectivity index (χ3n) is 8.16. The lowest BCUT2D eigenvalue weighted by Gasteiger charge is -2.38.